The number of ether oxygens (including phenoxy) is 2. The number of nitriles is 1. The van der Waals surface area contributed by atoms with Crippen molar-refractivity contribution in [1.29, 1.82) is 5.26 Å². The molecule has 0 saturated heterocycles. The molecule has 0 radical (unpaired) electrons. The van der Waals surface area contributed by atoms with E-state index < -0.39 is 23.5 Å². The fraction of sp³-hybridized carbons (Fsp3) is 0.250. The van der Waals surface area contributed by atoms with Crippen LogP contribution in [0, 0.1) is 20.7 Å². The number of benzene rings is 1. The molecule has 3 N–H and O–H groups in total. The van der Waals surface area contributed by atoms with Crippen molar-refractivity contribution in [3.05, 3.63) is 49.9 Å². The number of hydrogen-bond acceptors (Lipinski definition) is 6. The number of esters is 1. The number of allylic oxidation sites excluding steroid dienone is 2. The lowest BCUT2D eigenvalue weighted by Gasteiger charge is -2.27. The molecule has 8 heteroatoms. The third-order valence-corrected chi connectivity index (χ3v) is 4.35. The number of phenolic OH excluding ortho intramolecular Hbond substituents is 1. The summed E-state index contributed by atoms with van der Waals surface area (Å²) in [6.45, 7) is 3.22. The second-order valence-corrected chi connectivity index (χ2v) is 6.08. The van der Waals surface area contributed by atoms with Crippen molar-refractivity contribution in [2.45, 2.75) is 19.8 Å². The van der Waals surface area contributed by atoms with E-state index in [0.717, 1.165) is 0 Å². The second kappa shape index (κ2) is 7.09. The monoisotopic (exact) mass is 444 g/mol. The summed E-state index contributed by atoms with van der Waals surface area (Å²) in [5.41, 5.74) is 5.67. The van der Waals surface area contributed by atoms with E-state index in [1.807, 2.05) is 6.07 Å². The number of rotatable bonds is 3. The minimum absolute atomic E-state index is 0.00138. The van der Waals surface area contributed by atoms with E-state index in [4.69, 9.17) is 15.2 Å². The van der Waals surface area contributed by atoms with Gasteiger partial charge in [0.15, 0.2) is 11.6 Å². The summed E-state index contributed by atoms with van der Waals surface area (Å²) >= 11 is 1.73. The lowest BCUT2D eigenvalue weighted by Crippen LogP contribution is -2.25. The van der Waals surface area contributed by atoms with E-state index in [1.165, 1.54) is 19.1 Å². The first-order valence-corrected chi connectivity index (χ1v) is 8.03. The fourth-order valence-electron chi connectivity index (χ4n) is 2.45. The molecule has 24 heavy (non-hydrogen) atoms. The van der Waals surface area contributed by atoms with Crippen molar-refractivity contribution < 1.29 is 23.8 Å². The van der Waals surface area contributed by atoms with E-state index >= 15 is 0 Å². The zero-order valence-electron chi connectivity index (χ0n) is 12.9. The van der Waals surface area contributed by atoms with Gasteiger partial charge in [0, 0.05) is 5.56 Å². The lowest BCUT2D eigenvalue weighted by atomic mass is 9.82. The fourth-order valence-corrected chi connectivity index (χ4v) is 2.89. The summed E-state index contributed by atoms with van der Waals surface area (Å²) in [5.74, 6) is -3.35. The summed E-state index contributed by atoms with van der Waals surface area (Å²) in [5, 5.41) is 19.6. The molecule has 1 aromatic rings. The molecule has 126 valence electrons. The van der Waals surface area contributed by atoms with Crippen molar-refractivity contribution in [2.24, 2.45) is 5.73 Å². The van der Waals surface area contributed by atoms with Gasteiger partial charge in [-0.1, -0.05) is 6.07 Å². The first-order valence-electron chi connectivity index (χ1n) is 6.95. The van der Waals surface area contributed by atoms with E-state index in [1.54, 1.807) is 29.5 Å². The predicted molar refractivity (Wildman–Crippen MR) is 90.8 cm³/mol. The number of aromatic hydroxyl groups is 1. The summed E-state index contributed by atoms with van der Waals surface area (Å²) in [6.07, 6.45) is 0. The Hall–Kier alpha value is -2.28. The van der Waals surface area contributed by atoms with Gasteiger partial charge < -0.3 is 20.3 Å². The molecule has 0 saturated carbocycles. The third-order valence-electron chi connectivity index (χ3n) is 3.51. The number of hydrogen-bond donors (Lipinski definition) is 2. The number of carbonyl (C=O) groups excluding carboxylic acids is 1. The standard InChI is InChI=1S/C16H14FIN2O4/c1-3-23-16(22)11-7(2)24-15(20)9(6-19)12(11)8-4-5-10(18)13(17)14(8)21/h4-5,12,21H,3,20H2,1-2H3. The summed E-state index contributed by atoms with van der Waals surface area (Å²) in [4.78, 5) is 12.3. The first kappa shape index (κ1) is 18.1. The molecule has 0 aromatic heterocycles. The van der Waals surface area contributed by atoms with Gasteiger partial charge in [0.25, 0.3) is 0 Å². The van der Waals surface area contributed by atoms with Crippen molar-refractivity contribution >= 4 is 28.6 Å². The van der Waals surface area contributed by atoms with Gasteiger partial charge in [-0.05, 0) is 42.5 Å². The highest BCUT2D eigenvalue weighted by molar-refractivity contribution is 14.1. The molecule has 1 atom stereocenters. The van der Waals surface area contributed by atoms with Crippen LogP contribution in [-0.4, -0.2) is 17.7 Å². The van der Waals surface area contributed by atoms with Crippen LogP contribution >= 0.6 is 22.6 Å². The molecule has 1 aliphatic heterocycles. The topological polar surface area (TPSA) is 106 Å². The number of nitrogens with zero attached hydrogens (tertiary/aromatic N) is 1. The molecule has 0 spiro atoms. The number of phenols is 1. The molecule has 0 fully saturated rings. The Morgan fingerprint density at radius 2 is 2.25 bits per heavy atom. The SMILES string of the molecule is CCOC(=O)C1=C(C)OC(N)=C(C#N)C1c1ccc(I)c(F)c1O. The zero-order chi connectivity index (χ0) is 18.0. The molecule has 0 amide bonds. The van der Waals surface area contributed by atoms with Gasteiger partial charge in [-0.15, -0.1) is 0 Å². The highest BCUT2D eigenvalue weighted by Crippen LogP contribution is 2.43. The van der Waals surface area contributed by atoms with E-state index in [2.05, 4.69) is 0 Å². The van der Waals surface area contributed by atoms with Crippen LogP contribution in [0.1, 0.15) is 25.3 Å². The van der Waals surface area contributed by atoms with Gasteiger partial charge in [0.2, 0.25) is 5.88 Å². The van der Waals surface area contributed by atoms with E-state index in [-0.39, 0.29) is 38.5 Å². The highest BCUT2D eigenvalue weighted by Gasteiger charge is 2.38. The zero-order valence-corrected chi connectivity index (χ0v) is 15.0. The maximum Gasteiger partial charge on any atom is 0.338 e. The molecule has 6 nitrogen and oxygen atoms in total. The molecular formula is C16H14FIN2O4. The van der Waals surface area contributed by atoms with Gasteiger partial charge in [0.05, 0.1) is 21.7 Å². The van der Waals surface area contributed by atoms with Crippen LogP contribution in [0.25, 0.3) is 0 Å². The van der Waals surface area contributed by atoms with Crippen LogP contribution in [0.2, 0.25) is 0 Å². The molecule has 1 unspecified atom stereocenters. The van der Waals surface area contributed by atoms with Crippen molar-refractivity contribution in [3.63, 3.8) is 0 Å². The molecular weight excluding hydrogens is 430 g/mol. The van der Waals surface area contributed by atoms with Crippen LogP contribution in [0.3, 0.4) is 0 Å². The maximum atomic E-state index is 14.1. The van der Waals surface area contributed by atoms with Gasteiger partial charge in [-0.3, -0.25) is 0 Å². The predicted octanol–water partition coefficient (Wildman–Crippen LogP) is 2.78. The Morgan fingerprint density at radius 1 is 1.58 bits per heavy atom. The van der Waals surface area contributed by atoms with E-state index in [9.17, 15) is 19.6 Å². The largest absolute Gasteiger partial charge is 0.505 e. The van der Waals surface area contributed by atoms with Gasteiger partial charge >= 0.3 is 5.97 Å². The first-order chi connectivity index (χ1) is 11.3. The summed E-state index contributed by atoms with van der Waals surface area (Å²) in [7, 11) is 0. The van der Waals surface area contributed by atoms with Crippen molar-refractivity contribution in [1.82, 2.24) is 0 Å². The third kappa shape index (κ3) is 3.03. The van der Waals surface area contributed by atoms with Gasteiger partial charge in [0.1, 0.15) is 17.4 Å². The summed E-state index contributed by atoms with van der Waals surface area (Å²) < 4.78 is 24.6. The van der Waals surface area contributed by atoms with Crippen LogP contribution < -0.4 is 5.73 Å². The molecule has 0 aliphatic carbocycles. The van der Waals surface area contributed by atoms with Crippen LogP contribution in [-0.2, 0) is 14.3 Å². The molecule has 0 bridgehead atoms. The number of nitrogens with two attached hydrogens (primary N) is 1. The maximum absolute atomic E-state index is 14.1. The van der Waals surface area contributed by atoms with Crippen LogP contribution in [0.15, 0.2) is 34.9 Å². The quantitative estimate of drug-likeness (QED) is 0.549. The Morgan fingerprint density at radius 3 is 2.83 bits per heavy atom. The number of carbonyl (C=O) groups is 1. The smallest absolute Gasteiger partial charge is 0.338 e. The van der Waals surface area contributed by atoms with Crippen LogP contribution in [0.4, 0.5) is 4.39 Å². The minimum Gasteiger partial charge on any atom is -0.505 e. The normalized spacial score (nSPS) is 17.4. The Bertz CT molecular complexity index is 811. The number of halogens is 2. The molecule has 1 aromatic carbocycles. The average molecular weight is 444 g/mol. The lowest BCUT2D eigenvalue weighted by molar-refractivity contribution is -0.139. The molecule has 1 aliphatic rings. The molecule has 2 rings (SSSR count). The van der Waals surface area contributed by atoms with Crippen LogP contribution in [0.5, 0.6) is 5.75 Å². The van der Waals surface area contributed by atoms with Gasteiger partial charge in [-0.25, -0.2) is 9.18 Å². The van der Waals surface area contributed by atoms with Crippen molar-refractivity contribution in [3.8, 4) is 11.8 Å². The van der Waals surface area contributed by atoms with Gasteiger partial charge in [-0.2, -0.15) is 5.26 Å². The van der Waals surface area contributed by atoms with Crippen molar-refractivity contribution in [2.75, 3.05) is 6.61 Å². The second-order valence-electron chi connectivity index (χ2n) is 4.91. The Kier molecular flexibility index (Phi) is 5.33. The molecule has 1 heterocycles. The Labute approximate surface area is 151 Å². The van der Waals surface area contributed by atoms with E-state index in [0.29, 0.717) is 0 Å². The average Bonchev–Trinajstić information content (AvgIpc) is 2.52. The Balaban J connectivity index is 2.72. The minimum atomic E-state index is -1.07. The summed E-state index contributed by atoms with van der Waals surface area (Å²) in [6, 6.07) is 4.74. The highest BCUT2D eigenvalue weighted by atomic mass is 127.